The first-order chi connectivity index (χ1) is 7.32. The van der Waals surface area contributed by atoms with Gasteiger partial charge in [-0.2, -0.15) is 0 Å². The highest BCUT2D eigenvalue weighted by molar-refractivity contribution is 6.36. The Morgan fingerprint density at radius 2 is 1.62 bits per heavy atom. The van der Waals surface area contributed by atoms with Gasteiger partial charge in [-0.1, -0.05) is 26.8 Å². The summed E-state index contributed by atoms with van der Waals surface area (Å²) in [5.74, 6) is -0.855. The summed E-state index contributed by atoms with van der Waals surface area (Å²) in [6.45, 7) is 6.16. The molecule has 3 nitrogen and oxygen atoms in total. The smallest absolute Gasteiger partial charge is 0.248 e. The fourth-order valence-electron chi connectivity index (χ4n) is 1.73. The largest absolute Gasteiger partial charge is 0.332 e. The molecule has 0 bridgehead atoms. The average Bonchev–Trinajstić information content (AvgIpc) is 2.43. The number of fused-ring (bicyclic) bond motifs is 1. The Morgan fingerprint density at radius 1 is 1.06 bits per heavy atom. The topological polar surface area (TPSA) is 37.4 Å². The molecule has 0 spiro atoms. The summed E-state index contributed by atoms with van der Waals surface area (Å²) in [6, 6.07) is 5.29. The summed E-state index contributed by atoms with van der Waals surface area (Å²) in [5, 5.41) is 0. The molecule has 0 unspecified atom stereocenters. The molecule has 4 heteroatoms. The van der Waals surface area contributed by atoms with Crippen LogP contribution in [-0.2, 0) is 5.41 Å². The van der Waals surface area contributed by atoms with Gasteiger partial charge in [0, 0.05) is 0 Å². The van der Waals surface area contributed by atoms with Crippen molar-refractivity contribution in [3.05, 3.63) is 34.9 Å². The van der Waals surface area contributed by atoms with Gasteiger partial charge in [0.1, 0.15) is 0 Å². The van der Waals surface area contributed by atoms with E-state index >= 15 is 0 Å². The number of nitrogens with zero attached hydrogens (tertiary/aromatic N) is 1. The van der Waals surface area contributed by atoms with Crippen molar-refractivity contribution in [2.45, 2.75) is 26.2 Å². The van der Waals surface area contributed by atoms with Gasteiger partial charge in [-0.05, 0) is 23.1 Å². The summed E-state index contributed by atoms with van der Waals surface area (Å²) in [4.78, 5) is 23.9. The SMILES string of the molecule is [B]N1C(=O)c2ccc(C(C)(C)C)cc2C1=O. The van der Waals surface area contributed by atoms with Crippen molar-refractivity contribution in [2.24, 2.45) is 0 Å². The van der Waals surface area contributed by atoms with Crippen LogP contribution in [0.25, 0.3) is 0 Å². The zero-order valence-corrected chi connectivity index (χ0v) is 9.57. The number of rotatable bonds is 0. The van der Waals surface area contributed by atoms with Crippen molar-refractivity contribution in [1.29, 1.82) is 0 Å². The molecule has 0 saturated heterocycles. The Hall–Kier alpha value is -1.58. The van der Waals surface area contributed by atoms with Crippen LogP contribution in [0.3, 0.4) is 0 Å². The van der Waals surface area contributed by atoms with Gasteiger partial charge in [0.25, 0.3) is 0 Å². The van der Waals surface area contributed by atoms with E-state index in [2.05, 4.69) is 20.8 Å². The molecule has 2 radical (unpaired) electrons. The van der Waals surface area contributed by atoms with Gasteiger partial charge in [0.2, 0.25) is 19.8 Å². The van der Waals surface area contributed by atoms with Gasteiger partial charge >= 0.3 is 0 Å². The predicted octanol–water partition coefficient (Wildman–Crippen LogP) is 1.66. The average molecular weight is 213 g/mol. The lowest BCUT2D eigenvalue weighted by Gasteiger charge is -2.19. The Kier molecular flexibility index (Phi) is 2.19. The van der Waals surface area contributed by atoms with Crippen LogP contribution in [0.1, 0.15) is 47.1 Å². The number of hydrogen-bond acceptors (Lipinski definition) is 2. The molecule has 1 aliphatic heterocycles. The summed E-state index contributed by atoms with van der Waals surface area (Å²) >= 11 is 0. The molecule has 0 fully saturated rings. The molecular formula is C12H12BNO2. The van der Waals surface area contributed by atoms with E-state index < -0.39 is 11.8 Å². The number of benzene rings is 1. The summed E-state index contributed by atoms with van der Waals surface area (Å²) in [6.07, 6.45) is 0. The lowest BCUT2D eigenvalue weighted by molar-refractivity contribution is 0.0766. The van der Waals surface area contributed by atoms with Crippen LogP contribution in [0.4, 0.5) is 0 Å². The van der Waals surface area contributed by atoms with Crippen LogP contribution in [0.2, 0.25) is 0 Å². The Bertz CT molecular complexity index is 488. The third-order valence-electron chi connectivity index (χ3n) is 2.78. The van der Waals surface area contributed by atoms with Gasteiger partial charge in [0.15, 0.2) is 0 Å². The van der Waals surface area contributed by atoms with E-state index in [0.29, 0.717) is 15.9 Å². The quantitative estimate of drug-likeness (QED) is 0.485. The van der Waals surface area contributed by atoms with E-state index in [1.54, 1.807) is 12.1 Å². The minimum absolute atomic E-state index is 0.0552. The van der Waals surface area contributed by atoms with Gasteiger partial charge in [-0.25, -0.2) is 0 Å². The van der Waals surface area contributed by atoms with Crippen LogP contribution < -0.4 is 0 Å². The second-order valence-corrected chi connectivity index (χ2v) is 4.99. The molecule has 16 heavy (non-hydrogen) atoms. The van der Waals surface area contributed by atoms with E-state index in [-0.39, 0.29) is 5.41 Å². The van der Waals surface area contributed by atoms with E-state index in [4.69, 9.17) is 7.98 Å². The maximum atomic E-state index is 11.7. The van der Waals surface area contributed by atoms with Crippen molar-refractivity contribution in [2.75, 3.05) is 0 Å². The lowest BCUT2D eigenvalue weighted by Crippen LogP contribution is -2.26. The zero-order chi connectivity index (χ0) is 12.1. The fraction of sp³-hybridized carbons (Fsp3) is 0.333. The van der Waals surface area contributed by atoms with Crippen LogP contribution in [0.15, 0.2) is 18.2 Å². The van der Waals surface area contributed by atoms with Crippen molar-refractivity contribution in [1.82, 2.24) is 4.81 Å². The first-order valence-electron chi connectivity index (χ1n) is 5.10. The van der Waals surface area contributed by atoms with Gasteiger partial charge in [-0.15, -0.1) is 0 Å². The Balaban J connectivity index is 2.58. The molecule has 1 aromatic rings. The summed E-state index contributed by atoms with van der Waals surface area (Å²) < 4.78 is 0. The highest BCUT2D eigenvalue weighted by Gasteiger charge is 2.32. The zero-order valence-electron chi connectivity index (χ0n) is 9.57. The molecule has 1 aromatic carbocycles. The summed E-state index contributed by atoms with van der Waals surface area (Å²) in [5.41, 5.74) is 1.75. The van der Waals surface area contributed by atoms with Crippen LogP contribution in [0.5, 0.6) is 0 Å². The van der Waals surface area contributed by atoms with Gasteiger partial charge < -0.3 is 4.81 Å². The van der Waals surface area contributed by atoms with E-state index in [1.165, 1.54) is 0 Å². The van der Waals surface area contributed by atoms with Crippen LogP contribution >= 0.6 is 0 Å². The molecule has 0 N–H and O–H groups in total. The minimum Gasteiger partial charge on any atom is -0.332 e. The highest BCUT2D eigenvalue weighted by atomic mass is 16.2. The summed E-state index contributed by atoms with van der Waals surface area (Å²) in [7, 11) is 5.37. The molecule has 2 amide bonds. The van der Waals surface area contributed by atoms with Crippen molar-refractivity contribution in [3.8, 4) is 0 Å². The lowest BCUT2D eigenvalue weighted by atomic mass is 9.85. The second-order valence-electron chi connectivity index (χ2n) is 4.99. The maximum Gasteiger partial charge on any atom is 0.248 e. The van der Waals surface area contributed by atoms with Crippen molar-refractivity contribution in [3.63, 3.8) is 0 Å². The first-order valence-corrected chi connectivity index (χ1v) is 5.10. The van der Waals surface area contributed by atoms with Crippen LogP contribution in [-0.4, -0.2) is 24.6 Å². The first kappa shape index (κ1) is 10.9. The normalized spacial score (nSPS) is 15.6. The van der Waals surface area contributed by atoms with Gasteiger partial charge in [-0.3, -0.25) is 9.59 Å². The predicted molar refractivity (Wildman–Crippen MR) is 61.4 cm³/mol. The van der Waals surface area contributed by atoms with Crippen molar-refractivity contribution >= 4 is 19.8 Å². The number of carbonyl (C=O) groups is 2. The third-order valence-corrected chi connectivity index (χ3v) is 2.78. The molecule has 0 saturated carbocycles. The number of amides is 2. The molecule has 0 atom stereocenters. The second kappa shape index (κ2) is 3.21. The molecule has 0 aliphatic carbocycles. The van der Waals surface area contributed by atoms with E-state index in [0.717, 1.165) is 5.56 Å². The Morgan fingerprint density at radius 3 is 2.19 bits per heavy atom. The Labute approximate surface area is 95.9 Å². The third kappa shape index (κ3) is 1.45. The molecule has 2 rings (SSSR count). The van der Waals surface area contributed by atoms with E-state index in [1.807, 2.05) is 6.07 Å². The molecule has 0 aromatic heterocycles. The number of imide groups is 1. The molecule has 1 heterocycles. The van der Waals surface area contributed by atoms with Gasteiger partial charge in [0.05, 0.1) is 11.1 Å². The number of carbonyl (C=O) groups excluding carboxylic acids is 2. The molecular weight excluding hydrogens is 201 g/mol. The monoisotopic (exact) mass is 213 g/mol. The van der Waals surface area contributed by atoms with E-state index in [9.17, 15) is 9.59 Å². The number of hydrogen-bond donors (Lipinski definition) is 0. The van der Waals surface area contributed by atoms with Crippen molar-refractivity contribution < 1.29 is 9.59 Å². The molecule has 80 valence electrons. The highest BCUT2D eigenvalue weighted by Crippen LogP contribution is 2.28. The fourth-order valence-corrected chi connectivity index (χ4v) is 1.73. The molecule has 1 aliphatic rings. The standard InChI is InChI=1S/C12H12BNO2/c1-12(2,3)7-4-5-8-9(6-7)11(16)14(13)10(8)15/h4-6H,1-3H3. The minimum atomic E-state index is -0.430. The van der Waals surface area contributed by atoms with Crippen LogP contribution in [0, 0.1) is 0 Å². The maximum absolute atomic E-state index is 11.7.